The van der Waals surface area contributed by atoms with Gasteiger partial charge in [0.2, 0.25) is 5.91 Å². The molecule has 1 amide bonds. The standard InChI is InChI=1S/C14H28N4O.3ClH/c1-17-8-9-18(2)13(11-17)10-16-14(19)6-5-12-4-3-7-15-12;;;/h12-13,15H,3-11H2,1-2H3,(H,16,19);3*1H. The third-order valence-electron chi connectivity index (χ3n) is 4.40. The third kappa shape index (κ3) is 8.18. The number of rotatable bonds is 5. The minimum Gasteiger partial charge on any atom is -0.354 e. The Kier molecular flexibility index (Phi) is 14.0. The molecule has 134 valence electrons. The highest BCUT2D eigenvalue weighted by Crippen LogP contribution is 2.10. The number of nitrogens with one attached hydrogen (secondary N) is 2. The Labute approximate surface area is 153 Å². The zero-order valence-corrected chi connectivity index (χ0v) is 16.0. The molecule has 0 aromatic rings. The quantitative estimate of drug-likeness (QED) is 0.754. The van der Waals surface area contributed by atoms with Crippen LogP contribution in [0.25, 0.3) is 0 Å². The lowest BCUT2D eigenvalue weighted by molar-refractivity contribution is -0.121. The average Bonchev–Trinajstić information content (AvgIpc) is 2.90. The smallest absolute Gasteiger partial charge is 0.220 e. The van der Waals surface area contributed by atoms with Crippen molar-refractivity contribution in [3.8, 4) is 0 Å². The van der Waals surface area contributed by atoms with Crippen LogP contribution in [-0.4, -0.2) is 74.6 Å². The van der Waals surface area contributed by atoms with Gasteiger partial charge in [-0.1, -0.05) is 0 Å². The van der Waals surface area contributed by atoms with Crippen LogP contribution in [0.3, 0.4) is 0 Å². The Morgan fingerprint density at radius 1 is 1.23 bits per heavy atom. The van der Waals surface area contributed by atoms with Gasteiger partial charge in [0, 0.05) is 44.7 Å². The van der Waals surface area contributed by atoms with E-state index in [9.17, 15) is 4.79 Å². The zero-order chi connectivity index (χ0) is 13.7. The molecule has 2 unspecified atom stereocenters. The van der Waals surface area contributed by atoms with Gasteiger partial charge in [-0.2, -0.15) is 0 Å². The Balaban J connectivity index is 0. The Hall–Kier alpha value is 0.220. The summed E-state index contributed by atoms with van der Waals surface area (Å²) in [5.74, 6) is 0.204. The van der Waals surface area contributed by atoms with E-state index in [-0.39, 0.29) is 43.1 Å². The molecule has 2 aliphatic heterocycles. The number of likely N-dealkylation sites (N-methyl/N-ethyl adjacent to an activating group) is 2. The first-order chi connectivity index (χ1) is 9.15. The molecule has 0 radical (unpaired) electrons. The summed E-state index contributed by atoms with van der Waals surface area (Å²) in [6.45, 7) is 5.14. The molecule has 8 heteroatoms. The van der Waals surface area contributed by atoms with Crippen molar-refractivity contribution >= 4 is 43.1 Å². The molecule has 0 aliphatic carbocycles. The molecule has 0 spiro atoms. The maximum Gasteiger partial charge on any atom is 0.220 e. The number of piperazine rings is 1. The van der Waals surface area contributed by atoms with Gasteiger partial charge in [0.1, 0.15) is 0 Å². The van der Waals surface area contributed by atoms with E-state index >= 15 is 0 Å². The van der Waals surface area contributed by atoms with Crippen molar-refractivity contribution in [3.63, 3.8) is 0 Å². The predicted molar refractivity (Wildman–Crippen MR) is 98.9 cm³/mol. The van der Waals surface area contributed by atoms with Crippen molar-refractivity contribution in [3.05, 3.63) is 0 Å². The van der Waals surface area contributed by atoms with Crippen LogP contribution in [0.5, 0.6) is 0 Å². The van der Waals surface area contributed by atoms with Gasteiger partial charge in [-0.25, -0.2) is 0 Å². The van der Waals surface area contributed by atoms with Crippen LogP contribution in [0.1, 0.15) is 25.7 Å². The summed E-state index contributed by atoms with van der Waals surface area (Å²) < 4.78 is 0. The first-order valence-corrected chi connectivity index (χ1v) is 7.54. The molecule has 2 aliphatic rings. The van der Waals surface area contributed by atoms with Crippen molar-refractivity contribution in [2.24, 2.45) is 0 Å². The van der Waals surface area contributed by atoms with E-state index in [4.69, 9.17) is 0 Å². The Bertz CT molecular complexity index is 304. The molecule has 2 atom stereocenters. The summed E-state index contributed by atoms with van der Waals surface area (Å²) in [6.07, 6.45) is 4.12. The molecule has 22 heavy (non-hydrogen) atoms. The van der Waals surface area contributed by atoms with Crippen LogP contribution < -0.4 is 10.6 Å². The molecule has 0 aromatic carbocycles. The monoisotopic (exact) mass is 376 g/mol. The lowest BCUT2D eigenvalue weighted by Gasteiger charge is -2.37. The SMILES string of the molecule is CN1CCN(C)C(CNC(=O)CCC2CCCN2)C1.Cl.Cl.Cl. The third-order valence-corrected chi connectivity index (χ3v) is 4.40. The minimum atomic E-state index is 0. The van der Waals surface area contributed by atoms with Crippen LogP contribution in [0.2, 0.25) is 0 Å². The number of amides is 1. The lowest BCUT2D eigenvalue weighted by atomic mass is 10.1. The van der Waals surface area contributed by atoms with Gasteiger partial charge in [-0.3, -0.25) is 9.69 Å². The van der Waals surface area contributed by atoms with E-state index in [1.165, 1.54) is 12.8 Å². The van der Waals surface area contributed by atoms with Gasteiger partial charge < -0.3 is 15.5 Å². The number of halogens is 3. The summed E-state index contributed by atoms with van der Waals surface area (Å²) >= 11 is 0. The largest absolute Gasteiger partial charge is 0.354 e. The summed E-state index contributed by atoms with van der Waals surface area (Å²) in [6, 6.07) is 1.02. The second-order valence-electron chi connectivity index (χ2n) is 6.03. The second kappa shape index (κ2) is 12.6. The number of hydrogen-bond acceptors (Lipinski definition) is 4. The van der Waals surface area contributed by atoms with Gasteiger partial charge in [-0.05, 0) is 39.9 Å². The highest BCUT2D eigenvalue weighted by Gasteiger charge is 2.22. The van der Waals surface area contributed by atoms with Crippen LogP contribution in [0.15, 0.2) is 0 Å². The number of hydrogen-bond donors (Lipinski definition) is 2. The fraction of sp³-hybridized carbons (Fsp3) is 0.929. The molecular weight excluding hydrogens is 347 g/mol. The van der Waals surface area contributed by atoms with Gasteiger partial charge in [-0.15, -0.1) is 37.2 Å². The predicted octanol–water partition coefficient (Wildman–Crippen LogP) is 1.15. The maximum absolute atomic E-state index is 11.9. The van der Waals surface area contributed by atoms with Crippen molar-refractivity contribution in [1.82, 2.24) is 20.4 Å². The molecule has 2 fully saturated rings. The van der Waals surface area contributed by atoms with Gasteiger partial charge in [0.15, 0.2) is 0 Å². The summed E-state index contributed by atoms with van der Waals surface area (Å²) in [7, 11) is 4.29. The van der Waals surface area contributed by atoms with Crippen molar-refractivity contribution in [2.75, 3.05) is 46.8 Å². The lowest BCUT2D eigenvalue weighted by Crippen LogP contribution is -2.54. The fourth-order valence-corrected chi connectivity index (χ4v) is 2.95. The van der Waals surface area contributed by atoms with Crippen molar-refractivity contribution in [2.45, 2.75) is 37.8 Å². The Morgan fingerprint density at radius 2 is 1.95 bits per heavy atom. The molecule has 2 N–H and O–H groups in total. The highest BCUT2D eigenvalue weighted by molar-refractivity contribution is 5.86. The highest BCUT2D eigenvalue weighted by atomic mass is 35.5. The molecule has 2 heterocycles. The van der Waals surface area contributed by atoms with E-state index in [1.807, 2.05) is 0 Å². The van der Waals surface area contributed by atoms with Crippen molar-refractivity contribution < 1.29 is 4.79 Å². The number of carbonyl (C=O) groups is 1. The molecule has 0 bridgehead atoms. The molecular formula is C14H31Cl3N4O. The zero-order valence-electron chi connectivity index (χ0n) is 13.5. The molecule has 0 aromatic heterocycles. The van der Waals surface area contributed by atoms with Crippen molar-refractivity contribution in [1.29, 1.82) is 0 Å². The van der Waals surface area contributed by atoms with E-state index in [0.29, 0.717) is 18.5 Å². The number of nitrogens with zero attached hydrogens (tertiary/aromatic N) is 2. The normalized spacial score (nSPS) is 25.5. The number of carbonyl (C=O) groups excluding carboxylic acids is 1. The fourth-order valence-electron chi connectivity index (χ4n) is 2.95. The van der Waals surface area contributed by atoms with Crippen LogP contribution in [0, 0.1) is 0 Å². The molecule has 5 nitrogen and oxygen atoms in total. The first kappa shape index (κ1) is 24.5. The summed E-state index contributed by atoms with van der Waals surface area (Å²) in [5, 5.41) is 6.53. The topological polar surface area (TPSA) is 47.6 Å². The molecule has 2 saturated heterocycles. The summed E-state index contributed by atoms with van der Waals surface area (Å²) in [5.41, 5.74) is 0. The molecule has 2 rings (SSSR count). The van der Waals surface area contributed by atoms with Gasteiger partial charge >= 0.3 is 0 Å². The maximum atomic E-state index is 11.9. The van der Waals surface area contributed by atoms with E-state index in [2.05, 4.69) is 34.5 Å². The van der Waals surface area contributed by atoms with Crippen LogP contribution >= 0.6 is 37.2 Å². The second-order valence-corrected chi connectivity index (χ2v) is 6.03. The Morgan fingerprint density at radius 3 is 2.59 bits per heavy atom. The van der Waals surface area contributed by atoms with E-state index in [1.54, 1.807) is 0 Å². The van der Waals surface area contributed by atoms with Crippen LogP contribution in [-0.2, 0) is 4.79 Å². The average molecular weight is 378 g/mol. The van der Waals surface area contributed by atoms with Crippen LogP contribution in [0.4, 0.5) is 0 Å². The molecule has 0 saturated carbocycles. The van der Waals surface area contributed by atoms with E-state index in [0.717, 1.165) is 39.1 Å². The van der Waals surface area contributed by atoms with Gasteiger partial charge in [0.25, 0.3) is 0 Å². The van der Waals surface area contributed by atoms with E-state index < -0.39 is 0 Å². The summed E-state index contributed by atoms with van der Waals surface area (Å²) in [4.78, 5) is 16.5. The van der Waals surface area contributed by atoms with Gasteiger partial charge in [0.05, 0.1) is 0 Å². The minimum absolute atomic E-state index is 0. The first-order valence-electron chi connectivity index (χ1n) is 7.54.